The molecule has 160 valence electrons. The quantitative estimate of drug-likeness (QED) is 0.615. The van der Waals surface area contributed by atoms with E-state index >= 15 is 0 Å². The zero-order valence-corrected chi connectivity index (χ0v) is 18.2. The van der Waals surface area contributed by atoms with Crippen molar-refractivity contribution in [1.29, 1.82) is 0 Å². The Hall–Kier alpha value is -1.75. The van der Waals surface area contributed by atoms with Gasteiger partial charge in [0.2, 0.25) is 0 Å². The van der Waals surface area contributed by atoms with Gasteiger partial charge in [0.25, 0.3) is 0 Å². The number of ether oxygens (including phenoxy) is 2. The van der Waals surface area contributed by atoms with Gasteiger partial charge < -0.3 is 19.7 Å². The highest BCUT2D eigenvalue weighted by Gasteiger charge is 2.40. The predicted molar refractivity (Wildman–Crippen MR) is 118 cm³/mol. The van der Waals surface area contributed by atoms with Gasteiger partial charge in [-0.3, -0.25) is 4.99 Å². The van der Waals surface area contributed by atoms with Crippen LogP contribution < -0.4 is 10.1 Å². The Morgan fingerprint density at radius 2 is 1.79 bits per heavy atom. The molecule has 5 heteroatoms. The largest absolute Gasteiger partial charge is 0.497 e. The average Bonchev–Trinajstić information content (AvgIpc) is 3.18. The highest BCUT2D eigenvalue weighted by atomic mass is 16.5. The third-order valence-electron chi connectivity index (χ3n) is 7.60. The summed E-state index contributed by atoms with van der Waals surface area (Å²) >= 11 is 0. The summed E-state index contributed by atoms with van der Waals surface area (Å²) in [5.41, 5.74) is 2.00. The van der Waals surface area contributed by atoms with Crippen molar-refractivity contribution in [2.45, 2.75) is 56.8 Å². The van der Waals surface area contributed by atoms with Crippen molar-refractivity contribution in [3.63, 3.8) is 0 Å². The minimum atomic E-state index is 0.0860. The molecule has 3 aliphatic rings. The molecule has 1 aliphatic carbocycles. The lowest BCUT2D eigenvalue weighted by atomic mass is 9.73. The Kier molecular flexibility index (Phi) is 6.33. The van der Waals surface area contributed by atoms with Gasteiger partial charge in [0, 0.05) is 45.3 Å². The molecule has 0 bridgehead atoms. The third kappa shape index (κ3) is 4.40. The molecule has 1 saturated carbocycles. The summed E-state index contributed by atoms with van der Waals surface area (Å²) in [6.45, 7) is 4.85. The Bertz CT molecular complexity index is 689. The first kappa shape index (κ1) is 20.5. The van der Waals surface area contributed by atoms with E-state index in [0.29, 0.717) is 5.41 Å². The van der Waals surface area contributed by atoms with Gasteiger partial charge in [-0.15, -0.1) is 0 Å². The van der Waals surface area contributed by atoms with E-state index in [9.17, 15) is 0 Å². The SMILES string of the molecule is CN=C(NCC1(c2ccc(OC)cc2)CCOCC1)N1CCC2(CCCCC2)C1. The first-order valence-corrected chi connectivity index (χ1v) is 11.4. The molecular formula is C24H37N3O2. The van der Waals surface area contributed by atoms with E-state index in [4.69, 9.17) is 9.47 Å². The standard InChI is InChI=1S/C24H37N3O2/c1-25-22(27-15-12-23(19-27)10-4-3-5-11-23)26-18-24(13-16-29-17-14-24)20-6-8-21(28-2)9-7-20/h6-9H,3-5,10-19H2,1-2H3,(H,25,26). The summed E-state index contributed by atoms with van der Waals surface area (Å²) in [6, 6.07) is 8.60. The molecule has 2 aliphatic heterocycles. The first-order chi connectivity index (χ1) is 14.2. The van der Waals surface area contributed by atoms with Crippen LogP contribution in [0, 0.1) is 5.41 Å². The zero-order chi connectivity index (χ0) is 20.2. The molecule has 2 heterocycles. The third-order valence-corrected chi connectivity index (χ3v) is 7.60. The second-order valence-corrected chi connectivity index (χ2v) is 9.25. The summed E-state index contributed by atoms with van der Waals surface area (Å²) < 4.78 is 11.1. The van der Waals surface area contributed by atoms with E-state index in [1.54, 1.807) is 7.11 Å². The van der Waals surface area contributed by atoms with Crippen LogP contribution in [0.1, 0.15) is 56.9 Å². The van der Waals surface area contributed by atoms with Crippen LogP contribution in [0.25, 0.3) is 0 Å². The number of benzene rings is 1. The van der Waals surface area contributed by atoms with Crippen LogP contribution in [0.3, 0.4) is 0 Å². The molecule has 0 radical (unpaired) electrons. The smallest absolute Gasteiger partial charge is 0.193 e. The summed E-state index contributed by atoms with van der Waals surface area (Å²) in [7, 11) is 3.65. The van der Waals surface area contributed by atoms with Gasteiger partial charge >= 0.3 is 0 Å². The number of nitrogens with zero attached hydrogens (tertiary/aromatic N) is 2. The van der Waals surface area contributed by atoms with E-state index < -0.39 is 0 Å². The molecule has 1 N–H and O–H groups in total. The van der Waals surface area contributed by atoms with Crippen LogP contribution in [0.2, 0.25) is 0 Å². The van der Waals surface area contributed by atoms with Crippen molar-refractivity contribution in [1.82, 2.24) is 10.2 Å². The number of hydrogen-bond acceptors (Lipinski definition) is 3. The molecule has 5 nitrogen and oxygen atoms in total. The molecule has 3 fully saturated rings. The lowest BCUT2D eigenvalue weighted by Gasteiger charge is -2.39. The zero-order valence-electron chi connectivity index (χ0n) is 18.2. The summed E-state index contributed by atoms with van der Waals surface area (Å²) in [4.78, 5) is 7.17. The number of guanidine groups is 1. The summed E-state index contributed by atoms with van der Waals surface area (Å²) in [5, 5.41) is 3.76. The van der Waals surface area contributed by atoms with Crippen LogP contribution in [0.4, 0.5) is 0 Å². The molecule has 0 aromatic heterocycles. The average molecular weight is 400 g/mol. The second-order valence-electron chi connectivity index (χ2n) is 9.25. The lowest BCUT2D eigenvalue weighted by molar-refractivity contribution is 0.0511. The molecule has 1 aromatic rings. The minimum absolute atomic E-state index is 0.0860. The van der Waals surface area contributed by atoms with Crippen LogP contribution >= 0.6 is 0 Å². The fraction of sp³-hybridized carbons (Fsp3) is 0.708. The number of hydrogen-bond donors (Lipinski definition) is 1. The second kappa shape index (κ2) is 8.95. The highest BCUT2D eigenvalue weighted by Crippen LogP contribution is 2.43. The lowest BCUT2D eigenvalue weighted by Crippen LogP contribution is -2.49. The molecule has 29 heavy (non-hydrogen) atoms. The van der Waals surface area contributed by atoms with Crippen LogP contribution in [-0.2, 0) is 10.2 Å². The maximum Gasteiger partial charge on any atom is 0.193 e. The number of likely N-dealkylation sites (tertiary alicyclic amines) is 1. The van der Waals surface area contributed by atoms with E-state index in [2.05, 4.69) is 39.5 Å². The predicted octanol–water partition coefficient (Wildman–Crippen LogP) is 3.98. The molecule has 2 saturated heterocycles. The Balaban J connectivity index is 1.45. The molecule has 0 unspecified atom stereocenters. The van der Waals surface area contributed by atoms with Crippen LogP contribution in [0.15, 0.2) is 29.3 Å². The maximum atomic E-state index is 5.71. The van der Waals surface area contributed by atoms with E-state index in [1.807, 2.05) is 7.05 Å². The number of nitrogens with one attached hydrogen (secondary N) is 1. The normalized spacial score (nSPS) is 23.9. The topological polar surface area (TPSA) is 46.1 Å². The fourth-order valence-corrected chi connectivity index (χ4v) is 5.68. The van der Waals surface area contributed by atoms with Gasteiger partial charge in [-0.1, -0.05) is 31.4 Å². The van der Waals surface area contributed by atoms with Crippen LogP contribution in [-0.4, -0.2) is 57.9 Å². The van der Waals surface area contributed by atoms with Gasteiger partial charge in [-0.2, -0.15) is 0 Å². The van der Waals surface area contributed by atoms with Crippen LogP contribution in [0.5, 0.6) is 5.75 Å². The van der Waals surface area contributed by atoms with E-state index in [-0.39, 0.29) is 5.41 Å². The monoisotopic (exact) mass is 399 g/mol. The van der Waals surface area contributed by atoms with Gasteiger partial charge in [0.05, 0.1) is 7.11 Å². The highest BCUT2D eigenvalue weighted by molar-refractivity contribution is 5.80. The fourth-order valence-electron chi connectivity index (χ4n) is 5.68. The first-order valence-electron chi connectivity index (χ1n) is 11.4. The molecule has 0 amide bonds. The van der Waals surface area contributed by atoms with Crippen molar-refractivity contribution in [2.24, 2.45) is 10.4 Å². The van der Waals surface area contributed by atoms with Crippen molar-refractivity contribution >= 4 is 5.96 Å². The Morgan fingerprint density at radius 1 is 1.07 bits per heavy atom. The van der Waals surface area contributed by atoms with Crippen molar-refractivity contribution in [3.05, 3.63) is 29.8 Å². The molecule has 0 atom stereocenters. The van der Waals surface area contributed by atoms with E-state index in [0.717, 1.165) is 50.9 Å². The van der Waals surface area contributed by atoms with Gasteiger partial charge in [-0.25, -0.2) is 0 Å². The van der Waals surface area contributed by atoms with Gasteiger partial charge in [0.15, 0.2) is 5.96 Å². The molecule has 1 spiro atoms. The molecule has 4 rings (SSSR count). The number of rotatable bonds is 4. The molecule has 1 aromatic carbocycles. The van der Waals surface area contributed by atoms with Crippen molar-refractivity contribution in [3.8, 4) is 5.75 Å². The maximum absolute atomic E-state index is 5.71. The summed E-state index contributed by atoms with van der Waals surface area (Å²) in [6.07, 6.45) is 10.4. The Labute approximate surface area is 175 Å². The van der Waals surface area contributed by atoms with Gasteiger partial charge in [0.1, 0.15) is 5.75 Å². The summed E-state index contributed by atoms with van der Waals surface area (Å²) in [5.74, 6) is 1.99. The van der Waals surface area contributed by atoms with E-state index in [1.165, 1.54) is 50.6 Å². The van der Waals surface area contributed by atoms with Crippen molar-refractivity contribution in [2.75, 3.05) is 47.0 Å². The molecular weight excluding hydrogens is 362 g/mol. The number of methoxy groups -OCH3 is 1. The van der Waals surface area contributed by atoms with Crippen molar-refractivity contribution < 1.29 is 9.47 Å². The Morgan fingerprint density at radius 3 is 2.45 bits per heavy atom. The van der Waals surface area contributed by atoms with Gasteiger partial charge in [-0.05, 0) is 55.2 Å². The number of aliphatic imine (C=N–C) groups is 1. The minimum Gasteiger partial charge on any atom is -0.497 e.